The second-order valence-electron chi connectivity index (χ2n) is 6.63. The predicted octanol–water partition coefficient (Wildman–Crippen LogP) is 5.04. The molecule has 0 aliphatic heterocycles. The van der Waals surface area contributed by atoms with Gasteiger partial charge in [-0.3, -0.25) is 0 Å². The topological polar surface area (TPSA) is 53.1 Å². The average molecular weight is 400 g/mol. The maximum absolute atomic E-state index is 14.2. The Morgan fingerprint density at radius 1 is 1.04 bits per heavy atom. The van der Waals surface area contributed by atoms with Gasteiger partial charge < -0.3 is 15.5 Å². The van der Waals surface area contributed by atoms with Crippen molar-refractivity contribution in [3.05, 3.63) is 65.4 Å². The number of halogens is 2. The van der Waals surface area contributed by atoms with Gasteiger partial charge in [0.25, 0.3) is 0 Å². The number of hydrogen-bond acceptors (Lipinski definition) is 5. The minimum atomic E-state index is -0.437. The van der Waals surface area contributed by atoms with Crippen LogP contribution in [0.2, 0.25) is 5.02 Å². The van der Waals surface area contributed by atoms with E-state index in [1.807, 2.05) is 44.4 Å². The van der Waals surface area contributed by atoms with Gasteiger partial charge in [-0.25, -0.2) is 9.37 Å². The molecule has 146 valence electrons. The molecule has 1 heterocycles. The number of anilines is 3. The monoisotopic (exact) mass is 399 g/mol. The minimum Gasteiger partial charge on any atom is -0.354 e. The maximum Gasteiger partial charge on any atom is 0.225 e. The SMILES string of the molecule is CN(C)CCCNc1nc(Nc2c(F)cccc2Cl)cc(-c2ccccc2)n1. The number of nitrogens with one attached hydrogen (secondary N) is 2. The van der Waals surface area contributed by atoms with Crippen molar-refractivity contribution in [2.24, 2.45) is 0 Å². The first kappa shape index (κ1) is 20.0. The molecule has 5 nitrogen and oxygen atoms in total. The van der Waals surface area contributed by atoms with Gasteiger partial charge in [-0.1, -0.05) is 48.0 Å². The third-order valence-electron chi connectivity index (χ3n) is 4.08. The fraction of sp³-hybridized carbons (Fsp3) is 0.238. The van der Waals surface area contributed by atoms with Crippen LogP contribution in [0.4, 0.5) is 21.8 Å². The van der Waals surface area contributed by atoms with E-state index in [0.717, 1.165) is 30.8 Å². The second-order valence-corrected chi connectivity index (χ2v) is 7.04. The minimum absolute atomic E-state index is 0.195. The van der Waals surface area contributed by atoms with Crippen molar-refractivity contribution in [3.8, 4) is 11.3 Å². The van der Waals surface area contributed by atoms with Crippen LogP contribution in [0.15, 0.2) is 54.6 Å². The van der Waals surface area contributed by atoms with Crippen molar-refractivity contribution < 1.29 is 4.39 Å². The molecule has 0 saturated heterocycles. The smallest absolute Gasteiger partial charge is 0.225 e. The molecule has 0 saturated carbocycles. The molecule has 0 atom stereocenters. The van der Waals surface area contributed by atoms with Crippen LogP contribution in [0.5, 0.6) is 0 Å². The molecule has 2 aromatic carbocycles. The summed E-state index contributed by atoms with van der Waals surface area (Å²) in [4.78, 5) is 11.2. The van der Waals surface area contributed by atoms with Gasteiger partial charge >= 0.3 is 0 Å². The molecular formula is C21H23ClFN5. The Hall–Kier alpha value is -2.70. The molecule has 2 N–H and O–H groups in total. The summed E-state index contributed by atoms with van der Waals surface area (Å²) in [7, 11) is 4.07. The number of benzene rings is 2. The van der Waals surface area contributed by atoms with E-state index in [9.17, 15) is 4.39 Å². The van der Waals surface area contributed by atoms with E-state index >= 15 is 0 Å². The third-order valence-corrected chi connectivity index (χ3v) is 4.39. The summed E-state index contributed by atoms with van der Waals surface area (Å²) >= 11 is 6.14. The first-order valence-corrected chi connectivity index (χ1v) is 9.45. The van der Waals surface area contributed by atoms with E-state index in [0.29, 0.717) is 16.8 Å². The molecular weight excluding hydrogens is 377 g/mol. The van der Waals surface area contributed by atoms with Crippen molar-refractivity contribution in [1.29, 1.82) is 0 Å². The van der Waals surface area contributed by atoms with Gasteiger partial charge in [0.1, 0.15) is 11.6 Å². The second kappa shape index (κ2) is 9.48. The molecule has 0 unspecified atom stereocenters. The molecule has 0 amide bonds. The highest BCUT2D eigenvalue weighted by Gasteiger charge is 2.11. The Kier molecular flexibility index (Phi) is 6.79. The maximum atomic E-state index is 14.2. The zero-order valence-electron chi connectivity index (χ0n) is 15.9. The molecule has 0 radical (unpaired) electrons. The molecule has 7 heteroatoms. The Balaban J connectivity index is 1.89. The molecule has 0 aliphatic rings. The van der Waals surface area contributed by atoms with Crippen molar-refractivity contribution >= 4 is 29.1 Å². The van der Waals surface area contributed by atoms with Gasteiger partial charge in [-0.2, -0.15) is 4.98 Å². The number of para-hydroxylation sites is 1. The standard InChI is InChI=1S/C21H23ClFN5/c1-28(2)13-7-12-24-21-25-18(15-8-4-3-5-9-15)14-19(27-21)26-20-16(22)10-6-11-17(20)23/h3-6,8-11,14H,7,12-13H2,1-2H3,(H2,24,25,26,27). The van der Waals surface area contributed by atoms with Crippen molar-refractivity contribution in [2.75, 3.05) is 37.8 Å². The fourth-order valence-corrected chi connectivity index (χ4v) is 2.90. The lowest BCUT2D eigenvalue weighted by Gasteiger charge is -2.13. The molecule has 3 rings (SSSR count). The highest BCUT2D eigenvalue weighted by molar-refractivity contribution is 6.33. The van der Waals surface area contributed by atoms with E-state index in [-0.39, 0.29) is 5.69 Å². The van der Waals surface area contributed by atoms with Crippen LogP contribution in [0.1, 0.15) is 6.42 Å². The Morgan fingerprint density at radius 2 is 1.82 bits per heavy atom. The van der Waals surface area contributed by atoms with Crippen LogP contribution in [0.3, 0.4) is 0 Å². The van der Waals surface area contributed by atoms with Gasteiger partial charge in [0, 0.05) is 18.2 Å². The van der Waals surface area contributed by atoms with Gasteiger partial charge in [0.2, 0.25) is 5.95 Å². The first-order chi connectivity index (χ1) is 13.5. The van der Waals surface area contributed by atoms with Crippen molar-refractivity contribution in [2.45, 2.75) is 6.42 Å². The summed E-state index contributed by atoms with van der Waals surface area (Å²) in [6, 6.07) is 16.1. The molecule has 0 bridgehead atoms. The van der Waals surface area contributed by atoms with E-state index in [2.05, 4.69) is 25.5 Å². The molecule has 0 aliphatic carbocycles. The Bertz CT molecular complexity index is 898. The lowest BCUT2D eigenvalue weighted by atomic mass is 10.1. The molecule has 0 spiro atoms. The van der Waals surface area contributed by atoms with Gasteiger partial charge in [-0.05, 0) is 39.2 Å². The van der Waals surface area contributed by atoms with E-state index in [4.69, 9.17) is 11.6 Å². The normalized spacial score (nSPS) is 10.9. The first-order valence-electron chi connectivity index (χ1n) is 9.07. The average Bonchev–Trinajstić information content (AvgIpc) is 2.69. The summed E-state index contributed by atoms with van der Waals surface area (Å²) in [6.07, 6.45) is 0.952. The van der Waals surface area contributed by atoms with Crippen LogP contribution in [-0.2, 0) is 0 Å². The molecule has 3 aromatic rings. The van der Waals surface area contributed by atoms with Crippen molar-refractivity contribution in [3.63, 3.8) is 0 Å². The van der Waals surface area contributed by atoms with E-state index < -0.39 is 5.82 Å². The fourth-order valence-electron chi connectivity index (χ4n) is 2.69. The van der Waals surface area contributed by atoms with Crippen LogP contribution < -0.4 is 10.6 Å². The number of hydrogen-bond donors (Lipinski definition) is 2. The van der Waals surface area contributed by atoms with Gasteiger partial charge in [-0.15, -0.1) is 0 Å². The highest BCUT2D eigenvalue weighted by Crippen LogP contribution is 2.29. The van der Waals surface area contributed by atoms with Crippen LogP contribution >= 0.6 is 11.6 Å². The van der Waals surface area contributed by atoms with Crippen LogP contribution in [0.25, 0.3) is 11.3 Å². The summed E-state index contributed by atoms with van der Waals surface area (Å²) in [6.45, 7) is 1.69. The summed E-state index contributed by atoms with van der Waals surface area (Å²) in [5, 5.41) is 6.54. The number of rotatable bonds is 8. The lowest BCUT2D eigenvalue weighted by Crippen LogP contribution is -2.17. The molecule has 1 aromatic heterocycles. The number of aromatic nitrogens is 2. The number of nitrogens with zero attached hydrogens (tertiary/aromatic N) is 3. The Morgan fingerprint density at radius 3 is 2.54 bits per heavy atom. The van der Waals surface area contributed by atoms with Gasteiger partial charge in [0.05, 0.1) is 16.4 Å². The largest absolute Gasteiger partial charge is 0.354 e. The third kappa shape index (κ3) is 5.41. The Labute approximate surface area is 169 Å². The summed E-state index contributed by atoms with van der Waals surface area (Å²) < 4.78 is 14.2. The van der Waals surface area contributed by atoms with Crippen molar-refractivity contribution in [1.82, 2.24) is 14.9 Å². The lowest BCUT2D eigenvalue weighted by molar-refractivity contribution is 0.405. The molecule has 0 fully saturated rings. The van der Waals surface area contributed by atoms with E-state index in [1.165, 1.54) is 6.07 Å². The van der Waals surface area contributed by atoms with Gasteiger partial charge in [0.15, 0.2) is 0 Å². The zero-order valence-corrected chi connectivity index (χ0v) is 16.7. The van der Waals surface area contributed by atoms with Crippen LogP contribution in [-0.4, -0.2) is 42.1 Å². The predicted molar refractivity (Wildman–Crippen MR) is 114 cm³/mol. The quantitative estimate of drug-likeness (QED) is 0.519. The zero-order chi connectivity index (χ0) is 19.9. The molecule has 28 heavy (non-hydrogen) atoms. The van der Waals surface area contributed by atoms with Crippen LogP contribution in [0, 0.1) is 5.82 Å². The summed E-state index contributed by atoms with van der Waals surface area (Å²) in [5.41, 5.74) is 1.88. The highest BCUT2D eigenvalue weighted by atomic mass is 35.5. The van der Waals surface area contributed by atoms with E-state index in [1.54, 1.807) is 18.2 Å². The summed E-state index contributed by atoms with van der Waals surface area (Å²) in [5.74, 6) is 0.513.